The van der Waals surface area contributed by atoms with Crippen molar-refractivity contribution in [2.45, 2.75) is 107 Å². The van der Waals surface area contributed by atoms with Crippen molar-refractivity contribution in [1.82, 2.24) is 9.80 Å². The van der Waals surface area contributed by atoms with Crippen molar-refractivity contribution in [3.8, 4) is 57.5 Å². The lowest BCUT2D eigenvalue weighted by Crippen LogP contribution is -2.63. The molecule has 9 aromatic rings. The lowest BCUT2D eigenvalue weighted by Gasteiger charge is -2.54. The zero-order chi connectivity index (χ0) is 70.4. The van der Waals surface area contributed by atoms with Crippen LogP contribution in [0, 0.1) is 0 Å². The van der Waals surface area contributed by atoms with Gasteiger partial charge >= 0.3 is 0 Å². The molecule has 0 saturated heterocycles. The van der Waals surface area contributed by atoms with Gasteiger partial charge < -0.3 is 29.2 Å². The Labute approximate surface area is 570 Å². The number of phenols is 2. The number of imide groups is 4. The van der Waals surface area contributed by atoms with Gasteiger partial charge in [0.2, 0.25) is 9.84 Å². The summed E-state index contributed by atoms with van der Waals surface area (Å²) in [7, 11) is -2.92. The first-order chi connectivity index (χ1) is 47.3. The van der Waals surface area contributed by atoms with Crippen molar-refractivity contribution in [2.75, 3.05) is 16.8 Å². The van der Waals surface area contributed by atoms with Gasteiger partial charge in [-0.1, -0.05) is 72.7 Å². The number of carbonyl (C=O) groups is 8. The molecule has 0 aromatic heterocycles. The Hall–Kier alpha value is -11.7. The predicted octanol–water partition coefficient (Wildman–Crippen LogP) is 15.5. The summed E-state index contributed by atoms with van der Waals surface area (Å²) < 4.78 is 53.4. The third-order valence-electron chi connectivity index (χ3n) is 19.9. The number of amides is 8. The molecule has 4 aliphatic heterocycles. The molecule has 8 amide bonds. The molecule has 0 aliphatic carbocycles. The number of nitrogens with zero attached hydrogens (tertiary/aromatic N) is 4. The Kier molecular flexibility index (Phi) is 16.5. The minimum atomic E-state index is -4.31. The van der Waals surface area contributed by atoms with Crippen molar-refractivity contribution >= 4 is 68.5 Å². The van der Waals surface area contributed by atoms with Crippen LogP contribution in [-0.2, 0) is 20.7 Å². The van der Waals surface area contributed by atoms with E-state index in [1.165, 1.54) is 90.8 Å². The molecule has 21 heteroatoms. The van der Waals surface area contributed by atoms with Gasteiger partial charge in [-0.05, 0) is 189 Å². The zero-order valence-corrected chi connectivity index (χ0v) is 56.0. The number of sulfone groups is 1. The number of aromatic hydroxyl groups is 2. The second-order valence-corrected chi connectivity index (χ2v) is 27.3. The number of hydrogen-bond donors (Lipinski definition) is 2. The van der Waals surface area contributed by atoms with Crippen LogP contribution in [0.5, 0.6) is 57.5 Å². The molecule has 0 atom stereocenters. The number of carbonyl (C=O) groups excluding carboxylic acids is 8. The molecule has 20 nitrogen and oxygen atoms in total. The molecule has 0 spiro atoms. The summed E-state index contributed by atoms with van der Waals surface area (Å²) in [6, 6.07) is 46.0. The van der Waals surface area contributed by atoms with Crippen molar-refractivity contribution in [3.63, 3.8) is 0 Å². The largest absolute Gasteiger partial charge is 0.508 e. The van der Waals surface area contributed by atoms with Crippen LogP contribution in [0.15, 0.2) is 192 Å². The van der Waals surface area contributed by atoms with Crippen LogP contribution in [0.3, 0.4) is 0 Å². The van der Waals surface area contributed by atoms with Crippen molar-refractivity contribution in [3.05, 3.63) is 238 Å². The van der Waals surface area contributed by atoms with Gasteiger partial charge in [-0.25, -0.2) is 18.2 Å². The summed E-state index contributed by atoms with van der Waals surface area (Å²) in [6.45, 7) is 13.7. The van der Waals surface area contributed by atoms with E-state index in [0.29, 0.717) is 65.6 Å². The van der Waals surface area contributed by atoms with Gasteiger partial charge in [-0.2, -0.15) is 0 Å². The van der Waals surface area contributed by atoms with E-state index in [9.17, 15) is 52.2 Å². The lowest BCUT2D eigenvalue weighted by molar-refractivity contribution is 0.00864. The summed E-state index contributed by atoms with van der Waals surface area (Å²) in [4.78, 5) is 115. The second kappa shape index (κ2) is 24.7. The normalized spacial score (nSPS) is 14.5. The maximum absolute atomic E-state index is 15.1. The van der Waals surface area contributed by atoms with Gasteiger partial charge in [-0.3, -0.25) is 48.2 Å². The molecule has 9 aromatic carbocycles. The fourth-order valence-corrected chi connectivity index (χ4v) is 15.5. The third-order valence-corrected chi connectivity index (χ3v) is 21.7. The summed E-state index contributed by atoms with van der Waals surface area (Å²) in [6.07, 6.45) is 2.38. The van der Waals surface area contributed by atoms with Crippen LogP contribution >= 0.6 is 0 Å². The van der Waals surface area contributed by atoms with Crippen LogP contribution in [0.2, 0.25) is 0 Å². The van der Waals surface area contributed by atoms with E-state index in [4.69, 9.17) is 18.9 Å². The molecular weight excluding hydrogens is 1280 g/mol. The van der Waals surface area contributed by atoms with Crippen LogP contribution < -0.4 is 28.7 Å². The van der Waals surface area contributed by atoms with Gasteiger partial charge in [0.25, 0.3) is 47.3 Å². The minimum absolute atomic E-state index is 0.0429. The van der Waals surface area contributed by atoms with Gasteiger partial charge in [0, 0.05) is 30.2 Å². The van der Waals surface area contributed by atoms with Gasteiger partial charge in [0.05, 0.1) is 71.2 Å². The minimum Gasteiger partial charge on any atom is -0.508 e. The molecule has 2 N–H and O–H groups in total. The zero-order valence-electron chi connectivity index (χ0n) is 55.2. The lowest BCUT2D eigenvalue weighted by atomic mass is 9.58. The molecule has 500 valence electrons. The van der Waals surface area contributed by atoms with Crippen molar-refractivity contribution in [2.24, 2.45) is 0 Å². The van der Waals surface area contributed by atoms with E-state index >= 15 is 4.79 Å². The maximum atomic E-state index is 15.1. The molecule has 4 aliphatic rings. The predicted molar refractivity (Wildman–Crippen MR) is 365 cm³/mol. The molecule has 0 saturated carbocycles. The number of fused-ring (bicyclic) bond motifs is 4. The first kappa shape index (κ1) is 65.9. The van der Waals surface area contributed by atoms with Crippen LogP contribution in [0.25, 0.3) is 0 Å². The fourth-order valence-electron chi connectivity index (χ4n) is 14.2. The highest BCUT2D eigenvalue weighted by Crippen LogP contribution is 2.53. The molecule has 4 heterocycles. The average Bonchev–Trinajstić information content (AvgIpc) is 1.65. The Morgan fingerprint density at radius 3 is 1.29 bits per heavy atom. The first-order valence-electron chi connectivity index (χ1n) is 32.3. The first-order valence-corrected chi connectivity index (χ1v) is 33.8. The molecular formula is C78H66N4O16S. The maximum Gasteiger partial charge on any atom is 0.266 e. The highest BCUT2D eigenvalue weighted by Gasteiger charge is 2.58. The van der Waals surface area contributed by atoms with Gasteiger partial charge in [0.1, 0.15) is 57.5 Å². The van der Waals surface area contributed by atoms with E-state index in [2.05, 4.69) is 0 Å². The van der Waals surface area contributed by atoms with Crippen LogP contribution in [0.1, 0.15) is 175 Å². The summed E-state index contributed by atoms with van der Waals surface area (Å²) >= 11 is 0. The van der Waals surface area contributed by atoms with Gasteiger partial charge in [0.15, 0.2) is 0 Å². The molecule has 0 unspecified atom stereocenters. The smallest absolute Gasteiger partial charge is 0.266 e. The van der Waals surface area contributed by atoms with Gasteiger partial charge in [-0.15, -0.1) is 0 Å². The Bertz CT molecular complexity index is 5110. The molecule has 13 rings (SSSR count). The van der Waals surface area contributed by atoms with Crippen molar-refractivity contribution < 1.29 is 75.9 Å². The highest BCUT2D eigenvalue weighted by molar-refractivity contribution is 7.91. The monoisotopic (exact) mass is 1350 g/mol. The molecule has 0 fully saturated rings. The quantitative estimate of drug-likeness (QED) is 0.0634. The topological polar surface area (TPSA) is 261 Å². The van der Waals surface area contributed by atoms with Crippen molar-refractivity contribution in [1.29, 1.82) is 0 Å². The number of benzene rings is 9. The Morgan fingerprint density at radius 2 is 0.768 bits per heavy atom. The highest BCUT2D eigenvalue weighted by atomic mass is 32.2. The standard InChI is InChI=1S/C78H66N4O16S/c1-9-76(6,7)64-42-54(27-33-66(64)83)99(93,94)55-28-34-67(84)65(43-55)81-71(88)58-31-25-52(40-62(58)73(81)90)98-53-26-32-59-63(41-53)75(92)82(74(59)91)78(12-4,13-5)77(10-2,11-3)44-17-14-19-46(35-44)95-48-21-16-22-49(37-48)96-47-20-15-18-45(36-47)80-70(87)57-30-24-51(39-61(57)72(80)89)97-50-23-29-56-60(38-50)69(86)79(8)68(56)85/h14-43,83-84H,9-13H2,1-8H3. The number of ether oxygens (including phenoxy) is 4. The summed E-state index contributed by atoms with van der Waals surface area (Å²) in [5, 5.41) is 21.7. The Morgan fingerprint density at radius 1 is 0.374 bits per heavy atom. The number of hydrogen-bond acceptors (Lipinski definition) is 16. The van der Waals surface area contributed by atoms with E-state index in [-0.39, 0.29) is 94.4 Å². The fraction of sp³-hybridized carbons (Fsp3) is 0.205. The average molecular weight is 1350 g/mol. The summed E-state index contributed by atoms with van der Waals surface area (Å²) in [5.41, 5.74) is -0.494. The van der Waals surface area contributed by atoms with E-state index in [0.717, 1.165) is 33.6 Å². The molecule has 0 bridgehead atoms. The number of phenolic OH excluding ortho intramolecular Hbond substituents is 2. The molecule has 99 heavy (non-hydrogen) atoms. The number of anilines is 2. The van der Waals surface area contributed by atoms with Crippen LogP contribution in [0.4, 0.5) is 11.4 Å². The molecule has 0 radical (unpaired) electrons. The SMILES string of the molecule is CCC(C)(C)c1cc(S(=O)(=O)c2ccc(O)c(N3C(=O)c4ccc(Oc5ccc6c(c5)C(=O)N(C(CC)(CC)C(CC)(CC)c5cccc(Oc7cccc(Oc8cccc(N9C(=O)c%10ccc(Oc%11ccc%12c(c%11)C(=O)N(C)C%12=O)cc%10C9=O)c8)c7)c5)C6=O)cc4C3=O)c2)ccc1O. The van der Waals surface area contributed by atoms with E-state index in [1.54, 1.807) is 66.7 Å². The third kappa shape index (κ3) is 10.8. The van der Waals surface area contributed by atoms with E-state index < -0.39 is 79.2 Å². The second-order valence-electron chi connectivity index (χ2n) is 25.3. The summed E-state index contributed by atoms with van der Waals surface area (Å²) in [5.74, 6) is -2.99. The Balaban J connectivity index is 0.697. The van der Waals surface area contributed by atoms with Crippen LogP contribution in [-0.4, -0.2) is 88.3 Å². The number of rotatable bonds is 21. The van der Waals surface area contributed by atoms with E-state index in [1.807, 2.05) is 66.7 Å².